The van der Waals surface area contributed by atoms with Crippen LogP contribution in [-0.4, -0.2) is 0 Å². The topological polar surface area (TPSA) is 39.2 Å². The van der Waals surface area contributed by atoms with Gasteiger partial charge in [-0.1, -0.05) is 38.1 Å². The standard InChI is InChI=1S/C15H19NO/c1-11(2)9-12-3-5-13(6-4-12)15(16)14-7-8-17-10-14/h3-8,10-11,15H,9,16H2,1-2H3. The van der Waals surface area contributed by atoms with Crippen LogP contribution in [-0.2, 0) is 6.42 Å². The first-order valence-corrected chi connectivity index (χ1v) is 6.03. The normalized spacial score (nSPS) is 12.9. The number of furan rings is 1. The molecule has 1 atom stereocenters. The van der Waals surface area contributed by atoms with E-state index in [2.05, 4.69) is 38.1 Å². The SMILES string of the molecule is CC(C)Cc1ccc(C(N)c2ccoc2)cc1. The molecule has 0 spiro atoms. The summed E-state index contributed by atoms with van der Waals surface area (Å²) in [4.78, 5) is 0. The molecule has 2 rings (SSSR count). The summed E-state index contributed by atoms with van der Waals surface area (Å²) in [6.07, 6.45) is 4.47. The summed E-state index contributed by atoms with van der Waals surface area (Å²) < 4.78 is 5.05. The van der Waals surface area contributed by atoms with E-state index in [0.717, 1.165) is 17.5 Å². The first-order valence-electron chi connectivity index (χ1n) is 6.03. The second-order valence-electron chi connectivity index (χ2n) is 4.87. The summed E-state index contributed by atoms with van der Waals surface area (Å²) in [6.45, 7) is 4.45. The van der Waals surface area contributed by atoms with E-state index >= 15 is 0 Å². The van der Waals surface area contributed by atoms with Gasteiger partial charge in [-0.2, -0.15) is 0 Å². The van der Waals surface area contributed by atoms with Crippen LogP contribution in [0.3, 0.4) is 0 Å². The van der Waals surface area contributed by atoms with Gasteiger partial charge in [0.1, 0.15) is 0 Å². The molecule has 0 saturated carbocycles. The second kappa shape index (κ2) is 5.19. The van der Waals surface area contributed by atoms with Gasteiger partial charge in [-0.3, -0.25) is 0 Å². The van der Waals surface area contributed by atoms with Crippen molar-refractivity contribution in [1.82, 2.24) is 0 Å². The molecule has 1 heterocycles. The highest BCUT2D eigenvalue weighted by Crippen LogP contribution is 2.20. The van der Waals surface area contributed by atoms with Gasteiger partial charge in [0, 0.05) is 5.56 Å². The van der Waals surface area contributed by atoms with E-state index in [1.54, 1.807) is 12.5 Å². The minimum absolute atomic E-state index is 0.0955. The van der Waals surface area contributed by atoms with E-state index in [-0.39, 0.29) is 6.04 Å². The van der Waals surface area contributed by atoms with E-state index in [1.165, 1.54) is 5.56 Å². The average molecular weight is 229 g/mol. The maximum atomic E-state index is 6.15. The van der Waals surface area contributed by atoms with Gasteiger partial charge in [-0.25, -0.2) is 0 Å². The first-order chi connectivity index (χ1) is 8.16. The Labute approximate surface area is 102 Å². The number of hydrogen-bond acceptors (Lipinski definition) is 2. The molecule has 0 fully saturated rings. The molecule has 0 aliphatic heterocycles. The van der Waals surface area contributed by atoms with Gasteiger partial charge in [0.25, 0.3) is 0 Å². The Morgan fingerprint density at radius 1 is 1.06 bits per heavy atom. The van der Waals surface area contributed by atoms with E-state index in [1.807, 2.05) is 6.07 Å². The Kier molecular flexibility index (Phi) is 3.64. The van der Waals surface area contributed by atoms with Crippen molar-refractivity contribution in [3.05, 3.63) is 59.5 Å². The van der Waals surface area contributed by atoms with E-state index in [4.69, 9.17) is 10.2 Å². The van der Waals surface area contributed by atoms with Crippen molar-refractivity contribution in [2.24, 2.45) is 11.7 Å². The maximum Gasteiger partial charge on any atom is 0.0953 e. The van der Waals surface area contributed by atoms with Gasteiger partial charge in [0.2, 0.25) is 0 Å². The van der Waals surface area contributed by atoms with E-state index < -0.39 is 0 Å². The summed E-state index contributed by atoms with van der Waals surface area (Å²) in [5.74, 6) is 0.684. The van der Waals surface area contributed by atoms with Crippen LogP contribution in [0.4, 0.5) is 0 Å². The smallest absolute Gasteiger partial charge is 0.0953 e. The summed E-state index contributed by atoms with van der Waals surface area (Å²) in [5.41, 5.74) is 9.66. The summed E-state index contributed by atoms with van der Waals surface area (Å²) in [7, 11) is 0. The van der Waals surface area contributed by atoms with Crippen LogP contribution in [0.15, 0.2) is 47.3 Å². The number of rotatable bonds is 4. The van der Waals surface area contributed by atoms with Crippen molar-refractivity contribution in [2.75, 3.05) is 0 Å². The third-order valence-corrected chi connectivity index (χ3v) is 2.89. The zero-order chi connectivity index (χ0) is 12.3. The molecule has 0 amide bonds. The van der Waals surface area contributed by atoms with Crippen LogP contribution < -0.4 is 5.73 Å². The lowest BCUT2D eigenvalue weighted by atomic mass is 9.97. The van der Waals surface area contributed by atoms with Crippen molar-refractivity contribution < 1.29 is 4.42 Å². The predicted octanol–water partition coefficient (Wildman–Crippen LogP) is 3.53. The number of benzene rings is 1. The lowest BCUT2D eigenvalue weighted by Gasteiger charge is -2.11. The fourth-order valence-corrected chi connectivity index (χ4v) is 1.98. The zero-order valence-corrected chi connectivity index (χ0v) is 10.4. The van der Waals surface area contributed by atoms with Gasteiger partial charge in [-0.15, -0.1) is 0 Å². The van der Waals surface area contributed by atoms with Crippen LogP contribution in [0.2, 0.25) is 0 Å². The Balaban J connectivity index is 2.12. The molecule has 2 heteroatoms. The quantitative estimate of drug-likeness (QED) is 0.871. The molecule has 2 nitrogen and oxygen atoms in total. The Morgan fingerprint density at radius 3 is 2.29 bits per heavy atom. The largest absolute Gasteiger partial charge is 0.472 e. The summed E-state index contributed by atoms with van der Waals surface area (Å²) >= 11 is 0. The van der Waals surface area contributed by atoms with Crippen molar-refractivity contribution >= 4 is 0 Å². The highest BCUT2D eigenvalue weighted by atomic mass is 16.3. The van der Waals surface area contributed by atoms with Crippen LogP contribution in [0, 0.1) is 5.92 Å². The Morgan fingerprint density at radius 2 is 1.76 bits per heavy atom. The molecule has 0 aliphatic carbocycles. The summed E-state index contributed by atoms with van der Waals surface area (Å²) in [6, 6.07) is 10.4. The molecule has 0 radical (unpaired) electrons. The highest BCUT2D eigenvalue weighted by molar-refractivity contribution is 5.31. The lowest BCUT2D eigenvalue weighted by molar-refractivity contribution is 0.562. The van der Waals surface area contributed by atoms with E-state index in [0.29, 0.717) is 5.92 Å². The monoisotopic (exact) mass is 229 g/mol. The fourth-order valence-electron chi connectivity index (χ4n) is 1.98. The van der Waals surface area contributed by atoms with Gasteiger partial charge in [0.15, 0.2) is 0 Å². The molecule has 2 N–H and O–H groups in total. The second-order valence-corrected chi connectivity index (χ2v) is 4.87. The third kappa shape index (κ3) is 2.98. The Hall–Kier alpha value is -1.54. The van der Waals surface area contributed by atoms with Crippen molar-refractivity contribution in [2.45, 2.75) is 26.3 Å². The minimum atomic E-state index is -0.0955. The summed E-state index contributed by atoms with van der Waals surface area (Å²) in [5, 5.41) is 0. The third-order valence-electron chi connectivity index (χ3n) is 2.89. The number of nitrogens with two attached hydrogens (primary N) is 1. The molecule has 1 aromatic carbocycles. The molecule has 0 bridgehead atoms. The molecule has 0 saturated heterocycles. The molecular formula is C15H19NO. The molecule has 1 unspecified atom stereocenters. The van der Waals surface area contributed by atoms with Gasteiger partial charge < -0.3 is 10.2 Å². The molecule has 2 aromatic rings. The van der Waals surface area contributed by atoms with Crippen molar-refractivity contribution in [3.8, 4) is 0 Å². The average Bonchev–Trinajstić information content (AvgIpc) is 2.82. The van der Waals surface area contributed by atoms with Crippen LogP contribution >= 0.6 is 0 Å². The number of hydrogen-bond donors (Lipinski definition) is 1. The van der Waals surface area contributed by atoms with Crippen LogP contribution in [0.25, 0.3) is 0 Å². The van der Waals surface area contributed by atoms with Crippen molar-refractivity contribution in [3.63, 3.8) is 0 Å². The zero-order valence-electron chi connectivity index (χ0n) is 10.4. The fraction of sp³-hybridized carbons (Fsp3) is 0.333. The molecule has 0 aliphatic rings. The van der Waals surface area contributed by atoms with Crippen molar-refractivity contribution in [1.29, 1.82) is 0 Å². The van der Waals surface area contributed by atoms with Gasteiger partial charge in [0.05, 0.1) is 18.6 Å². The van der Waals surface area contributed by atoms with Crippen LogP contribution in [0.5, 0.6) is 0 Å². The predicted molar refractivity (Wildman–Crippen MR) is 69.7 cm³/mol. The first kappa shape index (κ1) is 11.9. The van der Waals surface area contributed by atoms with Crippen LogP contribution in [0.1, 0.15) is 36.6 Å². The molecule has 17 heavy (non-hydrogen) atoms. The molecule has 90 valence electrons. The molecular weight excluding hydrogens is 210 g/mol. The van der Waals surface area contributed by atoms with Gasteiger partial charge >= 0.3 is 0 Å². The molecule has 1 aromatic heterocycles. The van der Waals surface area contributed by atoms with E-state index in [9.17, 15) is 0 Å². The lowest BCUT2D eigenvalue weighted by Crippen LogP contribution is -2.10. The minimum Gasteiger partial charge on any atom is -0.472 e. The maximum absolute atomic E-state index is 6.15. The Bertz CT molecular complexity index is 442. The van der Waals surface area contributed by atoms with Gasteiger partial charge in [-0.05, 0) is 29.5 Å². The highest BCUT2D eigenvalue weighted by Gasteiger charge is 2.09.